The van der Waals surface area contributed by atoms with Crippen molar-refractivity contribution in [2.45, 2.75) is 13.3 Å². The number of carbonyl (C=O) groups is 1. The molecule has 9 heteroatoms. The number of imidazole rings is 1. The van der Waals surface area contributed by atoms with Crippen LogP contribution in [0.25, 0.3) is 16.9 Å². The number of benzene rings is 2. The molecule has 2 saturated heterocycles. The Morgan fingerprint density at radius 2 is 2.06 bits per heavy atom. The monoisotopic (exact) mass is 486 g/mol. The third-order valence-corrected chi connectivity index (χ3v) is 7.32. The van der Waals surface area contributed by atoms with Gasteiger partial charge < -0.3 is 20.3 Å². The van der Waals surface area contributed by atoms with Crippen molar-refractivity contribution >= 4 is 23.1 Å². The van der Waals surface area contributed by atoms with E-state index in [9.17, 15) is 9.18 Å². The number of ether oxygens (including phenoxy) is 1. The number of amides is 1. The summed E-state index contributed by atoms with van der Waals surface area (Å²) in [7, 11) is 1.44. The number of aryl methyl sites for hydroxylation is 1. The number of methoxy groups -OCH3 is 1. The molecule has 36 heavy (non-hydrogen) atoms. The Bertz CT molecular complexity index is 1480. The van der Waals surface area contributed by atoms with Crippen molar-refractivity contribution in [3.63, 3.8) is 0 Å². The van der Waals surface area contributed by atoms with Crippen molar-refractivity contribution in [2.75, 3.05) is 38.6 Å². The largest absolute Gasteiger partial charge is 0.494 e. The number of halogens is 1. The SMILES string of the molecule is COc1ccc(-c2cnc3c(Nc4ccc(C(=O)N5CCC6(CNC6)C5)c(C)c4)nccn23)cc1F. The van der Waals surface area contributed by atoms with Crippen LogP contribution in [0.3, 0.4) is 0 Å². The van der Waals surface area contributed by atoms with Gasteiger partial charge in [0.2, 0.25) is 0 Å². The van der Waals surface area contributed by atoms with E-state index in [4.69, 9.17) is 4.74 Å². The molecule has 4 heterocycles. The minimum Gasteiger partial charge on any atom is -0.494 e. The molecular weight excluding hydrogens is 459 g/mol. The first kappa shape index (κ1) is 22.5. The number of nitrogens with one attached hydrogen (secondary N) is 2. The third kappa shape index (κ3) is 3.76. The van der Waals surface area contributed by atoms with Crippen LogP contribution in [0.15, 0.2) is 55.0 Å². The standard InChI is InChI=1S/C27H27FN6O2/c1-17-11-19(4-5-20(17)26(35)33-9-7-27(16-33)14-29-15-27)32-24-25-31-13-22(34(25)10-8-30-24)18-3-6-23(36-2)21(28)12-18/h3-6,8,10-13,29H,7,9,14-16H2,1-2H3,(H,30,32). The first-order valence-electron chi connectivity index (χ1n) is 12.0. The summed E-state index contributed by atoms with van der Waals surface area (Å²) in [6, 6.07) is 10.5. The van der Waals surface area contributed by atoms with E-state index in [1.807, 2.05) is 34.4 Å². The zero-order valence-electron chi connectivity index (χ0n) is 20.2. The van der Waals surface area contributed by atoms with Crippen LogP contribution in [0, 0.1) is 18.2 Å². The van der Waals surface area contributed by atoms with Crippen LogP contribution in [0.5, 0.6) is 5.75 Å². The molecule has 6 rings (SSSR count). The fraction of sp³-hybridized carbons (Fsp3) is 0.296. The minimum atomic E-state index is -0.434. The van der Waals surface area contributed by atoms with E-state index in [2.05, 4.69) is 20.6 Å². The normalized spacial score (nSPS) is 16.4. The number of hydrogen-bond donors (Lipinski definition) is 2. The van der Waals surface area contributed by atoms with Gasteiger partial charge in [-0.15, -0.1) is 0 Å². The second kappa shape index (κ2) is 8.60. The summed E-state index contributed by atoms with van der Waals surface area (Å²) >= 11 is 0. The topological polar surface area (TPSA) is 83.8 Å². The first-order chi connectivity index (χ1) is 17.5. The Hall–Kier alpha value is -3.98. The number of hydrogen-bond acceptors (Lipinski definition) is 6. The van der Waals surface area contributed by atoms with Gasteiger partial charge in [-0.05, 0) is 55.3 Å². The Morgan fingerprint density at radius 1 is 1.19 bits per heavy atom. The molecule has 0 saturated carbocycles. The molecule has 184 valence electrons. The summed E-state index contributed by atoms with van der Waals surface area (Å²) in [5.41, 5.74) is 4.74. The highest BCUT2D eigenvalue weighted by atomic mass is 19.1. The molecule has 2 aliphatic heterocycles. The molecule has 0 unspecified atom stereocenters. The Morgan fingerprint density at radius 3 is 2.75 bits per heavy atom. The average molecular weight is 487 g/mol. The summed E-state index contributed by atoms with van der Waals surface area (Å²) in [6.07, 6.45) is 6.22. The van der Waals surface area contributed by atoms with Gasteiger partial charge in [0.1, 0.15) is 0 Å². The van der Waals surface area contributed by atoms with Gasteiger partial charge in [-0.25, -0.2) is 14.4 Å². The molecule has 0 radical (unpaired) electrons. The predicted molar refractivity (Wildman–Crippen MR) is 135 cm³/mol. The highest BCUT2D eigenvalue weighted by Crippen LogP contribution is 2.35. The van der Waals surface area contributed by atoms with Gasteiger partial charge in [-0.1, -0.05) is 0 Å². The fourth-order valence-electron chi connectivity index (χ4n) is 5.21. The van der Waals surface area contributed by atoms with Gasteiger partial charge in [-0.2, -0.15) is 0 Å². The number of likely N-dealkylation sites (tertiary alicyclic amines) is 1. The van der Waals surface area contributed by atoms with Gasteiger partial charge in [-0.3, -0.25) is 9.20 Å². The zero-order valence-corrected chi connectivity index (χ0v) is 20.2. The molecule has 2 N–H and O–H groups in total. The first-order valence-corrected chi connectivity index (χ1v) is 12.0. The van der Waals surface area contributed by atoms with Crippen LogP contribution in [0.1, 0.15) is 22.3 Å². The number of fused-ring (bicyclic) bond motifs is 1. The van der Waals surface area contributed by atoms with E-state index in [1.54, 1.807) is 30.7 Å². The van der Waals surface area contributed by atoms with Gasteiger partial charge in [0.05, 0.1) is 19.0 Å². The molecule has 8 nitrogen and oxygen atoms in total. The van der Waals surface area contributed by atoms with Crippen LogP contribution >= 0.6 is 0 Å². The van der Waals surface area contributed by atoms with E-state index in [1.165, 1.54) is 13.2 Å². The van der Waals surface area contributed by atoms with Crippen molar-refractivity contribution in [3.05, 3.63) is 71.9 Å². The lowest BCUT2D eigenvalue weighted by molar-refractivity contribution is 0.0751. The predicted octanol–water partition coefficient (Wildman–Crippen LogP) is 4.03. The maximum atomic E-state index is 14.3. The maximum absolute atomic E-state index is 14.3. The molecular formula is C27H27FN6O2. The zero-order chi connectivity index (χ0) is 24.9. The third-order valence-electron chi connectivity index (χ3n) is 7.32. The van der Waals surface area contributed by atoms with Crippen molar-refractivity contribution in [1.82, 2.24) is 24.6 Å². The highest BCUT2D eigenvalue weighted by Gasteiger charge is 2.44. The number of anilines is 2. The van der Waals surface area contributed by atoms with Crippen molar-refractivity contribution in [3.8, 4) is 17.0 Å². The number of nitrogens with zero attached hydrogens (tertiary/aromatic N) is 4. The molecule has 2 aliphatic rings. The molecule has 1 spiro atoms. The molecule has 1 amide bonds. The van der Waals surface area contributed by atoms with Crippen LogP contribution < -0.4 is 15.4 Å². The Balaban J connectivity index is 1.24. The molecule has 2 aromatic carbocycles. The summed E-state index contributed by atoms with van der Waals surface area (Å²) in [4.78, 5) is 24.1. The van der Waals surface area contributed by atoms with E-state index in [0.29, 0.717) is 17.0 Å². The van der Waals surface area contributed by atoms with Crippen LogP contribution in [-0.4, -0.2) is 58.5 Å². The van der Waals surface area contributed by atoms with E-state index < -0.39 is 5.82 Å². The smallest absolute Gasteiger partial charge is 0.254 e. The number of carbonyl (C=O) groups excluding carboxylic acids is 1. The lowest BCUT2D eigenvalue weighted by Gasteiger charge is -2.39. The van der Waals surface area contributed by atoms with Crippen LogP contribution in [0.2, 0.25) is 0 Å². The summed E-state index contributed by atoms with van der Waals surface area (Å²) < 4.78 is 21.2. The maximum Gasteiger partial charge on any atom is 0.254 e. The Labute approximate surface area is 208 Å². The molecule has 2 aromatic heterocycles. The Kier molecular flexibility index (Phi) is 5.37. The second-order valence-electron chi connectivity index (χ2n) is 9.70. The number of rotatable bonds is 5. The van der Waals surface area contributed by atoms with Crippen molar-refractivity contribution < 1.29 is 13.9 Å². The minimum absolute atomic E-state index is 0.0904. The average Bonchev–Trinajstić information content (AvgIpc) is 3.50. The highest BCUT2D eigenvalue weighted by molar-refractivity contribution is 5.96. The molecule has 0 bridgehead atoms. The van der Waals surface area contributed by atoms with Crippen molar-refractivity contribution in [1.29, 1.82) is 0 Å². The molecule has 0 aliphatic carbocycles. The van der Waals surface area contributed by atoms with Gasteiger partial charge in [0.15, 0.2) is 23.0 Å². The quantitative estimate of drug-likeness (QED) is 0.443. The van der Waals surface area contributed by atoms with Crippen molar-refractivity contribution in [2.24, 2.45) is 5.41 Å². The summed E-state index contributed by atoms with van der Waals surface area (Å²) in [5.74, 6) is 0.414. The van der Waals surface area contributed by atoms with Crippen LogP contribution in [-0.2, 0) is 0 Å². The van der Waals surface area contributed by atoms with Gasteiger partial charge in [0.25, 0.3) is 5.91 Å². The lowest BCUT2D eigenvalue weighted by Crippen LogP contribution is -2.55. The molecule has 2 fully saturated rings. The fourth-order valence-corrected chi connectivity index (χ4v) is 5.21. The molecule has 4 aromatic rings. The second-order valence-corrected chi connectivity index (χ2v) is 9.70. The van der Waals surface area contributed by atoms with E-state index >= 15 is 0 Å². The van der Waals surface area contributed by atoms with Crippen LogP contribution in [0.4, 0.5) is 15.9 Å². The number of aromatic nitrogens is 3. The van der Waals surface area contributed by atoms with Gasteiger partial charge in [0, 0.05) is 60.8 Å². The van der Waals surface area contributed by atoms with E-state index in [0.717, 1.165) is 55.1 Å². The molecule has 0 atom stereocenters. The van der Waals surface area contributed by atoms with E-state index in [-0.39, 0.29) is 17.1 Å². The van der Waals surface area contributed by atoms with Gasteiger partial charge >= 0.3 is 0 Å². The summed E-state index contributed by atoms with van der Waals surface area (Å²) in [6.45, 7) is 5.59. The summed E-state index contributed by atoms with van der Waals surface area (Å²) in [5, 5.41) is 6.66. The lowest BCUT2D eigenvalue weighted by atomic mass is 9.81.